The second-order valence-electron chi connectivity index (χ2n) is 5.33. The topological polar surface area (TPSA) is 53.3 Å². The van der Waals surface area contributed by atoms with E-state index in [0.29, 0.717) is 6.54 Å². The Hall–Kier alpha value is -1.86. The fraction of sp³-hybridized carbons (Fsp3) is 0.500. The molecule has 0 bridgehead atoms. The minimum atomic E-state index is -0.146. The maximum atomic E-state index is 12.0. The number of hydrogen-bond donors (Lipinski definition) is 0. The van der Waals surface area contributed by atoms with Crippen LogP contribution in [0.2, 0.25) is 0 Å². The molecule has 0 spiro atoms. The molecule has 4 heteroatoms. The van der Waals surface area contributed by atoms with E-state index in [1.807, 2.05) is 6.92 Å². The summed E-state index contributed by atoms with van der Waals surface area (Å²) < 4.78 is 4.94. The van der Waals surface area contributed by atoms with Gasteiger partial charge in [0, 0.05) is 19.0 Å². The van der Waals surface area contributed by atoms with Gasteiger partial charge in [0.1, 0.15) is 0 Å². The summed E-state index contributed by atoms with van der Waals surface area (Å²) in [5, 5.41) is 8.85. The van der Waals surface area contributed by atoms with Gasteiger partial charge in [-0.05, 0) is 18.9 Å². The van der Waals surface area contributed by atoms with Crippen LogP contribution in [0.1, 0.15) is 23.5 Å². The van der Waals surface area contributed by atoms with E-state index in [4.69, 9.17) is 10.00 Å². The van der Waals surface area contributed by atoms with Crippen LogP contribution < -0.4 is 0 Å². The molecule has 1 fully saturated rings. The predicted octanol–water partition coefficient (Wildman–Crippen LogP) is 2.10. The quantitative estimate of drug-likeness (QED) is 0.624. The highest BCUT2D eigenvalue weighted by molar-refractivity contribution is 5.73. The first kappa shape index (κ1) is 14.5. The third kappa shape index (κ3) is 3.17. The largest absolute Gasteiger partial charge is 0.469 e. The zero-order valence-corrected chi connectivity index (χ0v) is 12.0. The lowest BCUT2D eigenvalue weighted by Gasteiger charge is -2.36. The van der Waals surface area contributed by atoms with Crippen molar-refractivity contribution < 1.29 is 9.53 Å². The maximum Gasteiger partial charge on any atom is 0.309 e. The number of carbonyl (C=O) groups is 1. The Labute approximate surface area is 120 Å². The van der Waals surface area contributed by atoms with E-state index in [1.54, 1.807) is 0 Å². The van der Waals surface area contributed by atoms with Crippen molar-refractivity contribution >= 4 is 5.97 Å². The Bertz CT molecular complexity index is 504. The first-order valence-electron chi connectivity index (χ1n) is 6.89. The number of benzene rings is 1. The van der Waals surface area contributed by atoms with Crippen LogP contribution in [0, 0.1) is 24.2 Å². The molecule has 1 aliphatic rings. The molecule has 1 aromatic carbocycles. The number of likely N-dealkylation sites (tertiary alicyclic amines) is 1. The lowest BCUT2D eigenvalue weighted by atomic mass is 9.80. The summed E-state index contributed by atoms with van der Waals surface area (Å²) in [4.78, 5) is 14.1. The number of esters is 1. The van der Waals surface area contributed by atoms with E-state index in [-0.39, 0.29) is 17.8 Å². The zero-order chi connectivity index (χ0) is 14.5. The van der Waals surface area contributed by atoms with Crippen molar-refractivity contribution in [3.8, 4) is 6.07 Å². The van der Waals surface area contributed by atoms with E-state index in [2.05, 4.69) is 35.2 Å². The van der Waals surface area contributed by atoms with Gasteiger partial charge < -0.3 is 4.74 Å². The Kier molecular flexibility index (Phi) is 4.75. The molecule has 0 aliphatic carbocycles. The van der Waals surface area contributed by atoms with Crippen LogP contribution >= 0.6 is 0 Å². The fourth-order valence-electron chi connectivity index (χ4n) is 2.85. The number of nitriles is 1. The summed E-state index contributed by atoms with van der Waals surface area (Å²) in [7, 11) is 1.44. The normalized spacial score (nSPS) is 23.1. The SMILES string of the molecule is COC(=O)C1CCN(CC#N)CC1c1ccc(C)cc1. The highest BCUT2D eigenvalue weighted by Gasteiger charge is 2.35. The number of piperidine rings is 1. The molecule has 1 heterocycles. The summed E-state index contributed by atoms with van der Waals surface area (Å²) in [5.41, 5.74) is 2.35. The third-order valence-electron chi connectivity index (χ3n) is 4.00. The first-order valence-corrected chi connectivity index (χ1v) is 6.89. The van der Waals surface area contributed by atoms with Gasteiger partial charge in [-0.25, -0.2) is 0 Å². The van der Waals surface area contributed by atoms with Crippen molar-refractivity contribution in [2.24, 2.45) is 5.92 Å². The summed E-state index contributed by atoms with van der Waals surface area (Å²) in [6.07, 6.45) is 0.743. The van der Waals surface area contributed by atoms with Crippen molar-refractivity contribution in [1.82, 2.24) is 4.90 Å². The first-order chi connectivity index (χ1) is 9.65. The number of hydrogen-bond acceptors (Lipinski definition) is 4. The fourth-order valence-corrected chi connectivity index (χ4v) is 2.85. The lowest BCUT2D eigenvalue weighted by molar-refractivity contribution is -0.147. The van der Waals surface area contributed by atoms with Crippen LogP contribution in [0.15, 0.2) is 24.3 Å². The van der Waals surface area contributed by atoms with Crippen LogP contribution in [-0.4, -0.2) is 37.6 Å². The Balaban J connectivity index is 2.23. The van der Waals surface area contributed by atoms with E-state index in [9.17, 15) is 4.79 Å². The van der Waals surface area contributed by atoms with Crippen molar-refractivity contribution in [3.05, 3.63) is 35.4 Å². The van der Waals surface area contributed by atoms with Crippen LogP contribution in [0.5, 0.6) is 0 Å². The van der Waals surface area contributed by atoms with Gasteiger partial charge in [0.05, 0.1) is 25.6 Å². The summed E-state index contributed by atoms with van der Waals surface area (Å²) in [6.45, 7) is 3.97. The van der Waals surface area contributed by atoms with Gasteiger partial charge in [-0.1, -0.05) is 29.8 Å². The Morgan fingerprint density at radius 1 is 1.45 bits per heavy atom. The molecule has 20 heavy (non-hydrogen) atoms. The Morgan fingerprint density at radius 2 is 2.15 bits per heavy atom. The van der Waals surface area contributed by atoms with Crippen molar-refractivity contribution in [2.75, 3.05) is 26.7 Å². The van der Waals surface area contributed by atoms with Gasteiger partial charge in [-0.15, -0.1) is 0 Å². The second-order valence-corrected chi connectivity index (χ2v) is 5.33. The van der Waals surface area contributed by atoms with Crippen molar-refractivity contribution in [3.63, 3.8) is 0 Å². The van der Waals surface area contributed by atoms with Gasteiger partial charge in [-0.2, -0.15) is 5.26 Å². The average molecular weight is 272 g/mol. The van der Waals surface area contributed by atoms with Crippen molar-refractivity contribution in [1.29, 1.82) is 5.26 Å². The molecule has 4 nitrogen and oxygen atoms in total. The predicted molar refractivity (Wildman–Crippen MR) is 76.1 cm³/mol. The zero-order valence-electron chi connectivity index (χ0n) is 12.0. The van der Waals surface area contributed by atoms with Crippen molar-refractivity contribution in [2.45, 2.75) is 19.3 Å². The smallest absolute Gasteiger partial charge is 0.309 e. The van der Waals surface area contributed by atoms with Crippen LogP contribution in [0.25, 0.3) is 0 Å². The second kappa shape index (κ2) is 6.53. The van der Waals surface area contributed by atoms with Crippen LogP contribution in [0.4, 0.5) is 0 Å². The van der Waals surface area contributed by atoms with Crippen LogP contribution in [0.3, 0.4) is 0 Å². The molecule has 2 unspecified atom stereocenters. The molecule has 0 amide bonds. The van der Waals surface area contributed by atoms with E-state index in [1.165, 1.54) is 12.7 Å². The minimum absolute atomic E-state index is 0.102. The Morgan fingerprint density at radius 3 is 2.75 bits per heavy atom. The standard InChI is InChI=1S/C16H20N2O2/c1-12-3-5-13(6-4-12)15-11-18(10-8-17)9-7-14(15)16(19)20-2/h3-6,14-15H,7,9-11H2,1-2H3. The van der Waals surface area contributed by atoms with Gasteiger partial charge >= 0.3 is 5.97 Å². The molecule has 1 aromatic rings. The highest BCUT2D eigenvalue weighted by atomic mass is 16.5. The molecule has 1 saturated heterocycles. The summed E-state index contributed by atoms with van der Waals surface area (Å²) >= 11 is 0. The van der Waals surface area contributed by atoms with E-state index in [0.717, 1.165) is 25.1 Å². The molecule has 106 valence electrons. The van der Waals surface area contributed by atoms with Gasteiger partial charge in [0.2, 0.25) is 0 Å². The number of ether oxygens (including phenoxy) is 1. The maximum absolute atomic E-state index is 12.0. The third-order valence-corrected chi connectivity index (χ3v) is 4.00. The number of rotatable bonds is 3. The molecule has 0 N–H and O–H groups in total. The highest BCUT2D eigenvalue weighted by Crippen LogP contribution is 2.33. The van der Waals surface area contributed by atoms with Gasteiger partial charge in [-0.3, -0.25) is 9.69 Å². The molecule has 2 rings (SSSR count). The molecule has 0 radical (unpaired) electrons. The van der Waals surface area contributed by atoms with E-state index >= 15 is 0 Å². The molecular formula is C16H20N2O2. The lowest BCUT2D eigenvalue weighted by Crippen LogP contribution is -2.42. The minimum Gasteiger partial charge on any atom is -0.469 e. The molecule has 0 aromatic heterocycles. The molecule has 1 aliphatic heterocycles. The summed E-state index contributed by atoms with van der Waals surface area (Å²) in [6, 6.07) is 10.5. The van der Waals surface area contributed by atoms with E-state index < -0.39 is 0 Å². The average Bonchev–Trinajstić information content (AvgIpc) is 2.47. The van der Waals surface area contributed by atoms with Gasteiger partial charge in [0.25, 0.3) is 0 Å². The number of aryl methyl sites for hydroxylation is 1. The van der Waals surface area contributed by atoms with Gasteiger partial charge in [0.15, 0.2) is 0 Å². The molecule has 0 saturated carbocycles. The molecular weight excluding hydrogens is 252 g/mol. The number of methoxy groups -OCH3 is 1. The van der Waals surface area contributed by atoms with Crippen LogP contribution in [-0.2, 0) is 9.53 Å². The summed E-state index contributed by atoms with van der Waals surface area (Å²) in [5.74, 6) is -0.157. The molecule has 2 atom stereocenters. The number of nitrogens with zero attached hydrogens (tertiary/aromatic N) is 2. The monoisotopic (exact) mass is 272 g/mol. The number of carbonyl (C=O) groups excluding carboxylic acids is 1.